The van der Waals surface area contributed by atoms with Gasteiger partial charge in [0, 0.05) is 0 Å². The SMILES string of the molecule is CSC(C(=O)O)c1ccccc1. The van der Waals surface area contributed by atoms with E-state index in [9.17, 15) is 4.79 Å². The normalized spacial score (nSPS) is 12.4. The Bertz CT molecular complexity index is 258. The summed E-state index contributed by atoms with van der Waals surface area (Å²) in [4.78, 5) is 10.7. The molecule has 0 amide bonds. The van der Waals surface area contributed by atoms with Crippen LogP contribution in [0, 0.1) is 0 Å². The number of carboxylic acids is 1. The molecule has 2 nitrogen and oxygen atoms in total. The number of carbonyl (C=O) groups is 1. The van der Waals surface area contributed by atoms with Crippen LogP contribution in [0.2, 0.25) is 0 Å². The summed E-state index contributed by atoms with van der Waals surface area (Å²) in [5, 5.41) is 8.37. The molecule has 0 fully saturated rings. The van der Waals surface area contributed by atoms with E-state index < -0.39 is 11.2 Å². The first-order valence-electron chi connectivity index (χ1n) is 3.56. The molecular formula is C9H10O2S. The zero-order valence-corrected chi connectivity index (χ0v) is 7.54. The van der Waals surface area contributed by atoms with Gasteiger partial charge in [-0.25, -0.2) is 0 Å². The quantitative estimate of drug-likeness (QED) is 0.778. The largest absolute Gasteiger partial charge is 0.480 e. The molecule has 1 unspecified atom stereocenters. The van der Waals surface area contributed by atoms with E-state index in [1.54, 1.807) is 6.26 Å². The van der Waals surface area contributed by atoms with Crippen molar-refractivity contribution in [3.05, 3.63) is 35.9 Å². The Kier molecular flexibility index (Phi) is 3.17. The topological polar surface area (TPSA) is 37.3 Å². The van der Waals surface area contributed by atoms with Crippen molar-refractivity contribution in [2.24, 2.45) is 0 Å². The second-order valence-electron chi connectivity index (χ2n) is 2.36. The molecule has 0 aliphatic heterocycles. The standard InChI is InChI=1S/C9H10O2S/c1-12-8(9(10)11)7-5-3-2-4-6-7/h2-6,8H,1H3,(H,10,11). The summed E-state index contributed by atoms with van der Waals surface area (Å²) < 4.78 is 0. The van der Waals surface area contributed by atoms with Gasteiger partial charge in [-0.05, 0) is 11.8 Å². The molecule has 64 valence electrons. The summed E-state index contributed by atoms with van der Waals surface area (Å²) in [6.45, 7) is 0. The smallest absolute Gasteiger partial charge is 0.321 e. The van der Waals surface area contributed by atoms with E-state index in [0.29, 0.717) is 0 Å². The van der Waals surface area contributed by atoms with E-state index in [1.807, 2.05) is 30.3 Å². The van der Waals surface area contributed by atoms with Gasteiger partial charge in [0.25, 0.3) is 0 Å². The Hall–Kier alpha value is -0.960. The molecule has 1 aromatic carbocycles. The van der Waals surface area contributed by atoms with Gasteiger partial charge in [0.1, 0.15) is 5.25 Å². The first kappa shape index (κ1) is 9.13. The van der Waals surface area contributed by atoms with E-state index in [-0.39, 0.29) is 0 Å². The lowest BCUT2D eigenvalue weighted by Gasteiger charge is -2.08. The van der Waals surface area contributed by atoms with Crippen LogP contribution in [0.15, 0.2) is 30.3 Å². The Morgan fingerprint density at radius 1 is 1.42 bits per heavy atom. The second kappa shape index (κ2) is 4.16. The minimum absolute atomic E-state index is 0.439. The number of rotatable bonds is 3. The number of hydrogen-bond donors (Lipinski definition) is 1. The van der Waals surface area contributed by atoms with Gasteiger partial charge in [-0.3, -0.25) is 4.79 Å². The fourth-order valence-electron chi connectivity index (χ4n) is 1.01. The number of benzene rings is 1. The molecule has 0 aliphatic rings. The van der Waals surface area contributed by atoms with Crippen LogP contribution in [0.1, 0.15) is 10.8 Å². The van der Waals surface area contributed by atoms with Crippen molar-refractivity contribution in [2.45, 2.75) is 5.25 Å². The first-order valence-corrected chi connectivity index (χ1v) is 4.85. The van der Waals surface area contributed by atoms with E-state index in [1.165, 1.54) is 11.8 Å². The van der Waals surface area contributed by atoms with Crippen molar-refractivity contribution in [3.8, 4) is 0 Å². The summed E-state index contributed by atoms with van der Waals surface area (Å²) in [6, 6.07) is 9.23. The Balaban J connectivity index is 2.88. The maximum Gasteiger partial charge on any atom is 0.321 e. The van der Waals surface area contributed by atoms with Crippen molar-refractivity contribution >= 4 is 17.7 Å². The number of carboxylic acid groups (broad SMARTS) is 1. The number of hydrogen-bond acceptors (Lipinski definition) is 2. The van der Waals surface area contributed by atoms with Crippen molar-refractivity contribution in [2.75, 3.05) is 6.26 Å². The molecule has 1 rings (SSSR count). The van der Waals surface area contributed by atoms with Crippen LogP contribution in [-0.2, 0) is 4.79 Å². The second-order valence-corrected chi connectivity index (χ2v) is 3.31. The third-order valence-corrected chi connectivity index (χ3v) is 2.51. The van der Waals surface area contributed by atoms with E-state index in [0.717, 1.165) is 5.56 Å². The van der Waals surface area contributed by atoms with Crippen LogP contribution < -0.4 is 0 Å². The predicted octanol–water partition coefficient (Wildman–Crippen LogP) is 2.18. The minimum Gasteiger partial charge on any atom is -0.480 e. The summed E-state index contributed by atoms with van der Waals surface area (Å²) in [6.07, 6.45) is 1.80. The highest BCUT2D eigenvalue weighted by molar-refractivity contribution is 7.99. The zero-order chi connectivity index (χ0) is 8.97. The fraction of sp³-hybridized carbons (Fsp3) is 0.222. The Morgan fingerprint density at radius 2 is 2.00 bits per heavy atom. The lowest BCUT2D eigenvalue weighted by Crippen LogP contribution is -2.06. The summed E-state index contributed by atoms with van der Waals surface area (Å²) in [5.41, 5.74) is 0.845. The van der Waals surface area contributed by atoms with Gasteiger partial charge in [0.2, 0.25) is 0 Å². The average Bonchev–Trinajstić information content (AvgIpc) is 2.07. The lowest BCUT2D eigenvalue weighted by atomic mass is 10.1. The van der Waals surface area contributed by atoms with Gasteiger partial charge < -0.3 is 5.11 Å². The van der Waals surface area contributed by atoms with Crippen LogP contribution >= 0.6 is 11.8 Å². The van der Waals surface area contributed by atoms with Crippen LogP contribution in [0.25, 0.3) is 0 Å². The van der Waals surface area contributed by atoms with Crippen LogP contribution in [0.5, 0.6) is 0 Å². The van der Waals surface area contributed by atoms with Gasteiger partial charge in [-0.1, -0.05) is 30.3 Å². The van der Waals surface area contributed by atoms with Crippen LogP contribution in [-0.4, -0.2) is 17.3 Å². The molecule has 1 atom stereocenters. The predicted molar refractivity (Wildman–Crippen MR) is 50.3 cm³/mol. The number of aliphatic carboxylic acids is 1. The average molecular weight is 182 g/mol. The van der Waals surface area contributed by atoms with Gasteiger partial charge in [-0.15, -0.1) is 11.8 Å². The van der Waals surface area contributed by atoms with E-state index in [2.05, 4.69) is 0 Å². The summed E-state index contributed by atoms with van der Waals surface area (Å²) in [5.74, 6) is -0.784. The van der Waals surface area contributed by atoms with Gasteiger partial charge in [0.05, 0.1) is 0 Å². The van der Waals surface area contributed by atoms with Crippen molar-refractivity contribution in [3.63, 3.8) is 0 Å². The van der Waals surface area contributed by atoms with Gasteiger partial charge >= 0.3 is 5.97 Å². The maximum atomic E-state index is 10.7. The van der Waals surface area contributed by atoms with E-state index in [4.69, 9.17) is 5.11 Å². The van der Waals surface area contributed by atoms with Crippen molar-refractivity contribution < 1.29 is 9.90 Å². The minimum atomic E-state index is -0.784. The van der Waals surface area contributed by atoms with Gasteiger partial charge in [-0.2, -0.15) is 0 Å². The molecule has 1 N–H and O–H groups in total. The molecular weight excluding hydrogens is 172 g/mol. The monoisotopic (exact) mass is 182 g/mol. The Morgan fingerprint density at radius 3 is 2.42 bits per heavy atom. The molecule has 0 radical (unpaired) electrons. The highest BCUT2D eigenvalue weighted by Crippen LogP contribution is 2.25. The van der Waals surface area contributed by atoms with Crippen molar-refractivity contribution in [1.82, 2.24) is 0 Å². The van der Waals surface area contributed by atoms with Crippen LogP contribution in [0.3, 0.4) is 0 Å². The molecule has 0 heterocycles. The summed E-state index contributed by atoms with van der Waals surface area (Å²) >= 11 is 1.33. The molecule has 1 aromatic rings. The molecule has 0 saturated carbocycles. The maximum absolute atomic E-state index is 10.7. The third-order valence-electron chi connectivity index (χ3n) is 1.56. The molecule has 0 aliphatic carbocycles. The zero-order valence-electron chi connectivity index (χ0n) is 6.73. The third kappa shape index (κ3) is 2.01. The molecule has 3 heteroatoms. The molecule has 0 saturated heterocycles. The molecule has 0 bridgehead atoms. The molecule has 0 spiro atoms. The van der Waals surface area contributed by atoms with Crippen molar-refractivity contribution in [1.29, 1.82) is 0 Å². The first-order chi connectivity index (χ1) is 5.75. The highest BCUT2D eigenvalue weighted by Gasteiger charge is 2.16. The van der Waals surface area contributed by atoms with E-state index >= 15 is 0 Å². The molecule has 12 heavy (non-hydrogen) atoms. The lowest BCUT2D eigenvalue weighted by molar-refractivity contribution is -0.136. The highest BCUT2D eigenvalue weighted by atomic mass is 32.2. The van der Waals surface area contributed by atoms with Crippen LogP contribution in [0.4, 0.5) is 0 Å². The number of thioether (sulfide) groups is 1. The fourth-order valence-corrected chi connectivity index (χ4v) is 1.64. The summed E-state index contributed by atoms with van der Waals surface area (Å²) in [7, 11) is 0. The Labute approximate surface area is 75.6 Å². The molecule has 0 aromatic heterocycles. The van der Waals surface area contributed by atoms with Gasteiger partial charge in [0.15, 0.2) is 0 Å².